The molecule has 2 heterocycles. The zero-order valence-electron chi connectivity index (χ0n) is 25.5. The van der Waals surface area contributed by atoms with Crippen molar-refractivity contribution >= 4 is 27.6 Å². The number of esters is 1. The molecule has 4 atom stereocenters. The average molecular weight is 668 g/mol. The van der Waals surface area contributed by atoms with Crippen LogP contribution in [0.25, 0.3) is 11.1 Å². The number of alkyl halides is 3. The second-order valence-electron chi connectivity index (χ2n) is 12.5. The second kappa shape index (κ2) is 11.6. The van der Waals surface area contributed by atoms with Crippen LogP contribution in [-0.4, -0.2) is 70.2 Å². The van der Waals surface area contributed by atoms with Gasteiger partial charge in [0.2, 0.25) is 15.9 Å². The van der Waals surface area contributed by atoms with Crippen LogP contribution < -0.4 is 4.90 Å². The number of fused-ring (bicyclic) bond motifs is 3. The van der Waals surface area contributed by atoms with Gasteiger partial charge >= 0.3 is 12.1 Å². The van der Waals surface area contributed by atoms with Crippen LogP contribution >= 0.6 is 0 Å². The van der Waals surface area contributed by atoms with E-state index in [1.54, 1.807) is 17.9 Å². The van der Waals surface area contributed by atoms with Crippen molar-refractivity contribution in [3.8, 4) is 11.1 Å². The summed E-state index contributed by atoms with van der Waals surface area (Å²) in [5.41, 5.74) is -1.29. The number of carbonyl (C=O) groups excluding carboxylic acids is 1. The minimum atomic E-state index is -4.96. The van der Waals surface area contributed by atoms with Crippen LogP contribution in [0, 0.1) is 34.8 Å². The maximum atomic E-state index is 15.5. The number of hydrogen-bond acceptors (Lipinski definition) is 7. The normalized spacial score (nSPS) is 26.2. The maximum absolute atomic E-state index is 15.5. The van der Waals surface area contributed by atoms with E-state index in [1.807, 2.05) is 6.92 Å². The highest BCUT2D eigenvalue weighted by atomic mass is 32.2. The van der Waals surface area contributed by atoms with E-state index in [4.69, 9.17) is 9.47 Å². The first-order chi connectivity index (χ1) is 21.6. The van der Waals surface area contributed by atoms with Gasteiger partial charge in [-0.15, -0.1) is 0 Å². The number of halogens is 5. The number of piperazine rings is 1. The minimum absolute atomic E-state index is 0.122. The first kappa shape index (κ1) is 32.4. The monoisotopic (exact) mass is 667 g/mol. The molecule has 46 heavy (non-hydrogen) atoms. The van der Waals surface area contributed by atoms with E-state index in [9.17, 15) is 26.4 Å². The Labute approximate surface area is 263 Å². The molecule has 0 spiro atoms. The first-order valence-electron chi connectivity index (χ1n) is 15.1. The third-order valence-corrected chi connectivity index (χ3v) is 11.0. The fraction of sp³-hybridized carbons (Fsp3) is 0.500. The molecule has 14 heteroatoms. The summed E-state index contributed by atoms with van der Waals surface area (Å²) in [5.74, 6) is -1.93. The number of anilines is 1. The van der Waals surface area contributed by atoms with Crippen LogP contribution in [0.15, 0.2) is 47.0 Å². The second-order valence-corrected chi connectivity index (χ2v) is 14.5. The summed E-state index contributed by atoms with van der Waals surface area (Å²) < 4.78 is 108. The molecule has 2 aliphatic carbocycles. The molecule has 1 unspecified atom stereocenters. The zero-order chi connectivity index (χ0) is 33.2. The van der Waals surface area contributed by atoms with Gasteiger partial charge in [-0.1, -0.05) is 12.5 Å². The smallest absolute Gasteiger partial charge is 0.417 e. The molecule has 4 aliphatic rings. The Morgan fingerprint density at radius 1 is 1.07 bits per heavy atom. The van der Waals surface area contributed by atoms with Crippen molar-refractivity contribution in [3.63, 3.8) is 0 Å². The largest absolute Gasteiger partial charge is 0.473 e. The van der Waals surface area contributed by atoms with E-state index in [1.165, 1.54) is 16.4 Å². The van der Waals surface area contributed by atoms with Gasteiger partial charge in [0.15, 0.2) is 0 Å². The molecule has 0 radical (unpaired) electrons. The lowest BCUT2D eigenvalue weighted by Gasteiger charge is -2.34. The van der Waals surface area contributed by atoms with Gasteiger partial charge in [-0.3, -0.25) is 9.79 Å². The molecule has 0 bridgehead atoms. The molecule has 2 aromatic rings. The van der Waals surface area contributed by atoms with E-state index < -0.39 is 45.6 Å². The van der Waals surface area contributed by atoms with Crippen molar-refractivity contribution in [1.29, 1.82) is 0 Å². The van der Waals surface area contributed by atoms with Crippen LogP contribution in [0.5, 0.6) is 0 Å². The fourth-order valence-electron chi connectivity index (χ4n) is 7.25. The number of rotatable bonds is 7. The summed E-state index contributed by atoms with van der Waals surface area (Å²) in [5, 5.41) is 0. The van der Waals surface area contributed by atoms with Gasteiger partial charge in [-0.05, 0) is 67.2 Å². The van der Waals surface area contributed by atoms with Gasteiger partial charge in [0.25, 0.3) is 0 Å². The number of carbonyl (C=O) groups is 1. The highest BCUT2D eigenvalue weighted by molar-refractivity contribution is 7.88. The Kier molecular flexibility index (Phi) is 8.19. The Bertz CT molecular complexity index is 1740. The number of nitrogens with zero attached hydrogens (tertiary/aromatic N) is 3. The molecule has 248 valence electrons. The van der Waals surface area contributed by atoms with Crippen molar-refractivity contribution in [2.75, 3.05) is 50.5 Å². The maximum Gasteiger partial charge on any atom is 0.417 e. The van der Waals surface area contributed by atoms with Gasteiger partial charge in [0.1, 0.15) is 18.2 Å². The van der Waals surface area contributed by atoms with Crippen molar-refractivity contribution in [3.05, 3.63) is 64.7 Å². The Hall–Kier alpha value is -3.52. The molecule has 1 saturated heterocycles. The average Bonchev–Trinajstić information content (AvgIpc) is 3.64. The van der Waals surface area contributed by atoms with Gasteiger partial charge in [0, 0.05) is 48.4 Å². The Morgan fingerprint density at radius 2 is 1.78 bits per heavy atom. The molecule has 0 aromatic heterocycles. The van der Waals surface area contributed by atoms with Gasteiger partial charge in [-0.25, -0.2) is 17.2 Å². The third kappa shape index (κ3) is 5.89. The van der Waals surface area contributed by atoms with Crippen LogP contribution in [0.1, 0.15) is 31.4 Å². The molecule has 3 fully saturated rings. The number of aliphatic imine (C=N–C) groups is 1. The Balaban J connectivity index is 1.20. The van der Waals surface area contributed by atoms with E-state index in [0.717, 1.165) is 24.0 Å². The minimum Gasteiger partial charge on any atom is -0.473 e. The number of hydrogen-bond donors (Lipinski definition) is 0. The molecular formula is C32H34F5N3O5S. The number of ether oxygens (including phenoxy) is 2. The number of benzene rings is 2. The van der Waals surface area contributed by atoms with E-state index in [2.05, 4.69) is 4.99 Å². The quantitative estimate of drug-likeness (QED) is 0.290. The lowest BCUT2D eigenvalue weighted by molar-refractivity contribution is -0.146. The highest BCUT2D eigenvalue weighted by Gasteiger charge is 2.69. The van der Waals surface area contributed by atoms with Crippen LogP contribution in [0.4, 0.5) is 27.6 Å². The van der Waals surface area contributed by atoms with Gasteiger partial charge in [-0.2, -0.15) is 17.5 Å². The molecule has 6 rings (SSSR count). The van der Waals surface area contributed by atoms with Crippen molar-refractivity contribution < 1.29 is 44.6 Å². The molecule has 2 saturated carbocycles. The van der Waals surface area contributed by atoms with Gasteiger partial charge in [0.05, 0.1) is 30.9 Å². The number of sulfonamides is 1. The SMILES string of the molecule is CCOC(=O)[C@H]1[C@@H]2CC3=CC(OCc4cc(-c5ccc(N6CCN(S(C)(=O)=O)CC6)cc5F)c(C(F)(F)F)cc4F)=NCC3(C)[C@@H]21. The molecule has 0 N–H and O–H groups in total. The summed E-state index contributed by atoms with van der Waals surface area (Å²) in [6, 6.07) is 5.09. The summed E-state index contributed by atoms with van der Waals surface area (Å²) in [6.45, 7) is 5.00. The summed E-state index contributed by atoms with van der Waals surface area (Å²) in [4.78, 5) is 18.5. The topological polar surface area (TPSA) is 88.5 Å². The fourth-order valence-corrected chi connectivity index (χ4v) is 8.07. The molecular weight excluding hydrogens is 633 g/mol. The summed E-state index contributed by atoms with van der Waals surface area (Å²) >= 11 is 0. The third-order valence-electron chi connectivity index (χ3n) is 9.70. The lowest BCUT2D eigenvalue weighted by atomic mass is 9.77. The molecule has 2 aliphatic heterocycles. The standard InChI is InChI=1S/C32H34F5N3O5S/c1-4-44-30(41)28-23-12-19-13-27(38-17-31(19,2)29(23)28)45-16-18-11-22(24(15-25(18)33)32(35,36)37)21-6-5-20(14-26(21)34)39-7-9-40(10-8-39)46(3,42)43/h5-6,11,13-15,23,28-29H,4,7-10,12,16-17H2,1-3H3/t23-,28-,29-,31?/m0/s1. The molecule has 0 amide bonds. The van der Waals surface area contributed by atoms with Crippen LogP contribution in [-0.2, 0) is 37.1 Å². The van der Waals surface area contributed by atoms with E-state index in [0.29, 0.717) is 31.3 Å². The van der Waals surface area contributed by atoms with Gasteiger partial charge < -0.3 is 14.4 Å². The van der Waals surface area contributed by atoms with Crippen molar-refractivity contribution in [2.45, 2.75) is 33.1 Å². The lowest BCUT2D eigenvalue weighted by Crippen LogP contribution is -2.48. The Morgan fingerprint density at radius 3 is 2.41 bits per heavy atom. The van der Waals surface area contributed by atoms with Crippen LogP contribution in [0.3, 0.4) is 0 Å². The van der Waals surface area contributed by atoms with Crippen molar-refractivity contribution in [2.24, 2.45) is 28.2 Å². The number of dihydropyridines is 1. The van der Waals surface area contributed by atoms with E-state index >= 15 is 8.78 Å². The zero-order valence-corrected chi connectivity index (χ0v) is 26.4. The predicted molar refractivity (Wildman–Crippen MR) is 160 cm³/mol. The first-order valence-corrected chi connectivity index (χ1v) is 16.9. The van der Waals surface area contributed by atoms with E-state index in [-0.39, 0.29) is 72.3 Å². The summed E-state index contributed by atoms with van der Waals surface area (Å²) in [7, 11) is -3.38. The predicted octanol–water partition coefficient (Wildman–Crippen LogP) is 5.42. The molecule has 2 aromatic carbocycles. The summed E-state index contributed by atoms with van der Waals surface area (Å²) in [6.07, 6.45) is -1.42. The molecule has 8 nitrogen and oxygen atoms in total. The highest BCUT2D eigenvalue weighted by Crippen LogP contribution is 2.69. The van der Waals surface area contributed by atoms with Crippen LogP contribution in [0.2, 0.25) is 0 Å². The van der Waals surface area contributed by atoms with Crippen molar-refractivity contribution in [1.82, 2.24) is 4.31 Å².